The first-order valence-electron chi connectivity index (χ1n) is 5.15. The van der Waals surface area contributed by atoms with Gasteiger partial charge in [0.1, 0.15) is 11.3 Å². The highest BCUT2D eigenvalue weighted by Crippen LogP contribution is 2.32. The molecule has 0 fully saturated rings. The molecule has 2 rings (SSSR count). The number of benzene rings is 1. The predicted molar refractivity (Wildman–Crippen MR) is 76.4 cm³/mol. The molecule has 5 nitrogen and oxygen atoms in total. The van der Waals surface area contributed by atoms with Gasteiger partial charge < -0.3 is 16.2 Å². The maximum atomic E-state index is 11.3. The summed E-state index contributed by atoms with van der Waals surface area (Å²) in [6.45, 7) is 0. The highest BCUT2D eigenvalue weighted by Gasteiger charge is 2.14. The molecule has 98 valence electrons. The fourth-order valence-electron chi connectivity index (χ4n) is 1.39. The van der Waals surface area contributed by atoms with Gasteiger partial charge in [-0.05, 0) is 24.3 Å². The molecular weight excluding hydrogens is 334 g/mol. The number of anilines is 1. The van der Waals surface area contributed by atoms with E-state index in [-0.39, 0.29) is 11.4 Å². The molecule has 0 aliphatic rings. The van der Waals surface area contributed by atoms with E-state index in [0.717, 1.165) is 4.47 Å². The molecule has 1 aromatic heterocycles. The second kappa shape index (κ2) is 5.46. The number of carbonyl (C=O) groups excluding carboxylic acids is 1. The lowest BCUT2D eigenvalue weighted by atomic mass is 10.2. The minimum absolute atomic E-state index is 0.0610. The van der Waals surface area contributed by atoms with E-state index < -0.39 is 5.91 Å². The lowest BCUT2D eigenvalue weighted by Crippen LogP contribution is -2.13. The summed E-state index contributed by atoms with van der Waals surface area (Å²) in [6.07, 6.45) is 1.37. The summed E-state index contributed by atoms with van der Waals surface area (Å²) in [7, 11) is 0. The van der Waals surface area contributed by atoms with Crippen molar-refractivity contribution >= 4 is 39.1 Å². The number of carbonyl (C=O) groups is 1. The van der Waals surface area contributed by atoms with Gasteiger partial charge in [0.15, 0.2) is 0 Å². The van der Waals surface area contributed by atoms with Gasteiger partial charge in [-0.3, -0.25) is 4.79 Å². The maximum absolute atomic E-state index is 11.3. The van der Waals surface area contributed by atoms with Crippen LogP contribution in [0.2, 0.25) is 5.02 Å². The van der Waals surface area contributed by atoms with E-state index in [0.29, 0.717) is 16.5 Å². The Balaban J connectivity index is 2.40. The number of pyridine rings is 1. The first kappa shape index (κ1) is 13.6. The number of ether oxygens (including phenoxy) is 1. The SMILES string of the molecule is NC(=O)c1cc(N)cnc1Oc1ccc(Br)cc1Cl. The molecule has 1 amide bonds. The Kier molecular flexibility index (Phi) is 3.92. The topological polar surface area (TPSA) is 91.2 Å². The Hall–Kier alpha value is -1.79. The van der Waals surface area contributed by atoms with E-state index in [1.807, 2.05) is 0 Å². The van der Waals surface area contributed by atoms with Crippen LogP contribution in [0.5, 0.6) is 11.6 Å². The summed E-state index contributed by atoms with van der Waals surface area (Å²) < 4.78 is 6.30. The van der Waals surface area contributed by atoms with Gasteiger partial charge in [0, 0.05) is 4.47 Å². The van der Waals surface area contributed by atoms with E-state index in [1.165, 1.54) is 12.3 Å². The number of aromatic nitrogens is 1. The number of amides is 1. The molecule has 0 aliphatic heterocycles. The van der Waals surface area contributed by atoms with E-state index in [1.54, 1.807) is 18.2 Å². The minimum Gasteiger partial charge on any atom is -0.437 e. The van der Waals surface area contributed by atoms with Crippen molar-refractivity contribution in [3.8, 4) is 11.6 Å². The van der Waals surface area contributed by atoms with Crippen molar-refractivity contribution in [3.63, 3.8) is 0 Å². The van der Waals surface area contributed by atoms with Crippen molar-refractivity contribution in [1.82, 2.24) is 4.98 Å². The smallest absolute Gasteiger partial charge is 0.254 e. The van der Waals surface area contributed by atoms with Gasteiger partial charge in [-0.25, -0.2) is 4.98 Å². The van der Waals surface area contributed by atoms with Crippen LogP contribution in [0.1, 0.15) is 10.4 Å². The minimum atomic E-state index is -0.678. The van der Waals surface area contributed by atoms with Crippen molar-refractivity contribution in [1.29, 1.82) is 0 Å². The predicted octanol–water partition coefficient (Wildman–Crippen LogP) is 2.97. The molecule has 0 aliphatic carbocycles. The number of nitrogens with zero attached hydrogens (tertiary/aromatic N) is 1. The standard InChI is InChI=1S/C12H9BrClN3O2/c13-6-1-2-10(9(14)3-6)19-12-8(11(16)18)4-7(15)5-17-12/h1-5H,15H2,(H2,16,18). The van der Waals surface area contributed by atoms with Crippen molar-refractivity contribution in [2.24, 2.45) is 5.73 Å². The van der Waals surface area contributed by atoms with Crippen LogP contribution in [0.25, 0.3) is 0 Å². The van der Waals surface area contributed by atoms with Crippen LogP contribution >= 0.6 is 27.5 Å². The molecule has 0 unspecified atom stereocenters. The average Bonchev–Trinajstić information content (AvgIpc) is 2.34. The summed E-state index contributed by atoms with van der Waals surface area (Å²) >= 11 is 9.30. The van der Waals surface area contributed by atoms with Crippen LogP contribution in [-0.4, -0.2) is 10.9 Å². The van der Waals surface area contributed by atoms with Gasteiger partial charge in [-0.2, -0.15) is 0 Å². The normalized spacial score (nSPS) is 10.2. The highest BCUT2D eigenvalue weighted by molar-refractivity contribution is 9.10. The molecule has 4 N–H and O–H groups in total. The number of nitrogens with two attached hydrogens (primary N) is 2. The van der Waals surface area contributed by atoms with Gasteiger partial charge in [0.2, 0.25) is 5.88 Å². The number of hydrogen-bond donors (Lipinski definition) is 2. The number of hydrogen-bond acceptors (Lipinski definition) is 4. The third kappa shape index (κ3) is 3.15. The van der Waals surface area contributed by atoms with E-state index in [4.69, 9.17) is 27.8 Å². The first-order chi connectivity index (χ1) is 8.97. The summed E-state index contributed by atoms with van der Waals surface area (Å²) in [5.74, 6) is -0.251. The van der Waals surface area contributed by atoms with Crippen LogP contribution in [0.3, 0.4) is 0 Å². The molecule has 19 heavy (non-hydrogen) atoms. The van der Waals surface area contributed by atoms with E-state index in [9.17, 15) is 4.79 Å². The Morgan fingerprint density at radius 1 is 1.37 bits per heavy atom. The van der Waals surface area contributed by atoms with Crippen LogP contribution in [0.15, 0.2) is 34.9 Å². The lowest BCUT2D eigenvalue weighted by molar-refractivity contribution is 0.0997. The Morgan fingerprint density at radius 3 is 2.74 bits per heavy atom. The van der Waals surface area contributed by atoms with Gasteiger partial charge in [-0.15, -0.1) is 0 Å². The third-order valence-electron chi connectivity index (χ3n) is 2.24. The molecule has 2 aromatic rings. The maximum Gasteiger partial charge on any atom is 0.254 e. The fourth-order valence-corrected chi connectivity index (χ4v) is 2.10. The molecule has 0 saturated carbocycles. The van der Waals surface area contributed by atoms with Crippen LogP contribution < -0.4 is 16.2 Å². The Morgan fingerprint density at radius 2 is 2.11 bits per heavy atom. The molecule has 0 saturated heterocycles. The molecule has 0 atom stereocenters. The molecule has 0 bridgehead atoms. The summed E-state index contributed by atoms with van der Waals surface area (Å²) in [4.78, 5) is 15.2. The van der Waals surface area contributed by atoms with Crippen LogP contribution in [0.4, 0.5) is 5.69 Å². The zero-order chi connectivity index (χ0) is 14.0. The molecule has 0 spiro atoms. The van der Waals surface area contributed by atoms with E-state index >= 15 is 0 Å². The monoisotopic (exact) mass is 341 g/mol. The Bertz CT molecular complexity index is 649. The molecule has 1 heterocycles. The number of primary amides is 1. The van der Waals surface area contributed by atoms with Crippen molar-refractivity contribution in [3.05, 3.63) is 45.5 Å². The summed E-state index contributed by atoms with van der Waals surface area (Å²) in [6, 6.07) is 6.47. The number of nitrogen functional groups attached to an aromatic ring is 1. The number of halogens is 2. The van der Waals surface area contributed by atoms with Crippen molar-refractivity contribution in [2.75, 3.05) is 5.73 Å². The average molecular weight is 343 g/mol. The lowest BCUT2D eigenvalue weighted by Gasteiger charge is -2.10. The molecule has 1 aromatic carbocycles. The zero-order valence-electron chi connectivity index (χ0n) is 9.56. The quantitative estimate of drug-likeness (QED) is 0.897. The van der Waals surface area contributed by atoms with Gasteiger partial charge in [0.05, 0.1) is 16.9 Å². The zero-order valence-corrected chi connectivity index (χ0v) is 11.9. The second-order valence-corrected chi connectivity index (χ2v) is 4.99. The Labute approximate surface area is 122 Å². The van der Waals surface area contributed by atoms with Gasteiger partial charge >= 0.3 is 0 Å². The van der Waals surface area contributed by atoms with Gasteiger partial charge in [0.25, 0.3) is 5.91 Å². The second-order valence-electron chi connectivity index (χ2n) is 3.66. The number of rotatable bonds is 3. The fraction of sp³-hybridized carbons (Fsp3) is 0. The molecule has 7 heteroatoms. The van der Waals surface area contributed by atoms with Crippen LogP contribution in [0, 0.1) is 0 Å². The van der Waals surface area contributed by atoms with Gasteiger partial charge in [-0.1, -0.05) is 27.5 Å². The largest absolute Gasteiger partial charge is 0.437 e. The highest BCUT2D eigenvalue weighted by atomic mass is 79.9. The van der Waals surface area contributed by atoms with Crippen molar-refractivity contribution < 1.29 is 9.53 Å². The summed E-state index contributed by atoms with van der Waals surface area (Å²) in [5.41, 5.74) is 11.2. The molecule has 0 radical (unpaired) electrons. The summed E-state index contributed by atoms with van der Waals surface area (Å²) in [5, 5.41) is 0.378. The molecular formula is C12H9BrClN3O2. The first-order valence-corrected chi connectivity index (χ1v) is 6.32. The van der Waals surface area contributed by atoms with Crippen LogP contribution in [-0.2, 0) is 0 Å². The van der Waals surface area contributed by atoms with E-state index in [2.05, 4.69) is 20.9 Å². The third-order valence-corrected chi connectivity index (χ3v) is 3.03. The van der Waals surface area contributed by atoms with Crippen molar-refractivity contribution in [2.45, 2.75) is 0 Å².